The first-order valence-corrected chi connectivity index (χ1v) is 12.5. The number of rotatable bonds is 8. The van der Waals surface area contributed by atoms with E-state index < -0.39 is 12.0 Å². The second-order valence-corrected chi connectivity index (χ2v) is 9.15. The molecule has 10 nitrogen and oxygen atoms in total. The van der Waals surface area contributed by atoms with Gasteiger partial charge in [-0.25, -0.2) is 9.79 Å². The molecule has 1 aliphatic heterocycles. The molecule has 0 unspecified atom stereocenters. The summed E-state index contributed by atoms with van der Waals surface area (Å²) < 4.78 is 28.7. The Morgan fingerprint density at radius 1 is 1.05 bits per heavy atom. The van der Waals surface area contributed by atoms with Crippen LogP contribution in [0.15, 0.2) is 45.7 Å². The average Bonchev–Trinajstić information content (AvgIpc) is 3.23. The van der Waals surface area contributed by atoms with Crippen LogP contribution in [0.25, 0.3) is 11.8 Å². The zero-order valence-corrected chi connectivity index (χ0v) is 22.7. The van der Waals surface area contributed by atoms with Gasteiger partial charge in [0.15, 0.2) is 27.8 Å². The van der Waals surface area contributed by atoms with Gasteiger partial charge in [-0.15, -0.1) is 0 Å². The Bertz CT molecular complexity index is 1600. The van der Waals surface area contributed by atoms with Crippen molar-refractivity contribution in [3.05, 3.63) is 66.7 Å². The molecule has 4 rings (SSSR count). The fourth-order valence-corrected chi connectivity index (χ4v) is 5.33. The minimum atomic E-state index is -0.773. The number of ether oxygens (including phenoxy) is 5. The number of benzene rings is 2. The molecule has 1 N–H and O–H groups in total. The first-order chi connectivity index (χ1) is 18.3. The Morgan fingerprint density at radius 3 is 2.39 bits per heavy atom. The monoisotopic (exact) mass is 540 g/mol. The van der Waals surface area contributed by atoms with Gasteiger partial charge in [0.25, 0.3) is 5.56 Å². The van der Waals surface area contributed by atoms with Crippen molar-refractivity contribution in [3.63, 3.8) is 0 Å². The summed E-state index contributed by atoms with van der Waals surface area (Å²) in [7, 11) is 5.97. The molecule has 0 spiro atoms. The lowest BCUT2D eigenvalue weighted by molar-refractivity contribution is -0.138. The van der Waals surface area contributed by atoms with Gasteiger partial charge in [0.05, 0.1) is 45.2 Å². The lowest BCUT2D eigenvalue weighted by Gasteiger charge is -2.22. The molecule has 2 aromatic carbocycles. The summed E-state index contributed by atoms with van der Waals surface area (Å²) in [5.74, 6) is 0.914. The molecule has 0 fully saturated rings. The van der Waals surface area contributed by atoms with Crippen molar-refractivity contribution in [1.29, 1.82) is 0 Å². The largest absolute Gasteiger partial charge is 0.504 e. The zero-order valence-electron chi connectivity index (χ0n) is 21.9. The third-order valence-corrected chi connectivity index (χ3v) is 7.06. The highest BCUT2D eigenvalue weighted by molar-refractivity contribution is 7.07. The van der Waals surface area contributed by atoms with Gasteiger partial charge in [-0.2, -0.15) is 0 Å². The SMILES string of the molecule is CCOC(=O)C1=C(C)n2c(s/c(=C/c3ccc(OC)c(OC)c3OC)c2=O)=N[C@@H]1c1ccc(O)c(OC)c1. The van der Waals surface area contributed by atoms with Crippen LogP contribution in [0.3, 0.4) is 0 Å². The first kappa shape index (κ1) is 26.8. The van der Waals surface area contributed by atoms with E-state index in [1.165, 1.54) is 50.4 Å². The van der Waals surface area contributed by atoms with Gasteiger partial charge in [0.2, 0.25) is 5.75 Å². The smallest absolute Gasteiger partial charge is 0.338 e. The van der Waals surface area contributed by atoms with E-state index in [2.05, 4.69) is 0 Å². The number of allylic oxidation sites excluding steroid dienone is 1. The van der Waals surface area contributed by atoms with Crippen molar-refractivity contribution in [2.75, 3.05) is 35.0 Å². The van der Waals surface area contributed by atoms with Crippen molar-refractivity contribution < 1.29 is 33.6 Å². The number of fused-ring (bicyclic) bond motifs is 1. The number of phenolic OH excluding ortho intramolecular Hbond substituents is 1. The predicted octanol–water partition coefficient (Wildman–Crippen LogP) is 2.65. The topological polar surface area (TPSA) is 118 Å². The molecule has 1 atom stereocenters. The molecule has 3 aromatic rings. The fraction of sp³-hybridized carbons (Fsp3) is 0.296. The van der Waals surface area contributed by atoms with E-state index >= 15 is 0 Å². The number of carbonyl (C=O) groups excluding carboxylic acids is 1. The van der Waals surface area contributed by atoms with Crippen LogP contribution in [0, 0.1) is 0 Å². The summed E-state index contributed by atoms with van der Waals surface area (Å²) in [4.78, 5) is 31.8. The molecule has 2 heterocycles. The van der Waals surface area contributed by atoms with E-state index in [4.69, 9.17) is 28.7 Å². The molecule has 0 amide bonds. The summed E-state index contributed by atoms with van der Waals surface area (Å²) >= 11 is 1.18. The normalized spacial score (nSPS) is 15.0. The Balaban J connectivity index is 1.97. The highest BCUT2D eigenvalue weighted by Gasteiger charge is 2.32. The summed E-state index contributed by atoms with van der Waals surface area (Å²) in [5, 5.41) is 10.1. The minimum Gasteiger partial charge on any atom is -0.504 e. The number of methoxy groups -OCH3 is 4. The number of hydrogen-bond donors (Lipinski definition) is 1. The highest BCUT2D eigenvalue weighted by Crippen LogP contribution is 2.40. The van der Waals surface area contributed by atoms with E-state index in [1.54, 1.807) is 44.2 Å². The maximum atomic E-state index is 13.6. The van der Waals surface area contributed by atoms with Gasteiger partial charge >= 0.3 is 5.97 Å². The molecule has 0 saturated carbocycles. The number of phenols is 1. The van der Waals surface area contributed by atoms with Gasteiger partial charge in [0.1, 0.15) is 6.04 Å². The molecule has 200 valence electrons. The van der Waals surface area contributed by atoms with Crippen molar-refractivity contribution in [2.45, 2.75) is 19.9 Å². The Labute approximate surface area is 222 Å². The Hall–Kier alpha value is -4.25. The van der Waals surface area contributed by atoms with E-state index in [0.29, 0.717) is 43.4 Å². The molecule has 0 radical (unpaired) electrons. The summed E-state index contributed by atoms with van der Waals surface area (Å²) in [5.41, 5.74) is 1.49. The van der Waals surface area contributed by atoms with Crippen molar-refractivity contribution >= 4 is 29.1 Å². The van der Waals surface area contributed by atoms with Gasteiger partial charge in [-0.05, 0) is 49.8 Å². The molecule has 0 bridgehead atoms. The highest BCUT2D eigenvalue weighted by atomic mass is 32.1. The summed E-state index contributed by atoms with van der Waals surface area (Å²) in [6, 6.07) is 7.45. The maximum Gasteiger partial charge on any atom is 0.338 e. The average molecular weight is 541 g/mol. The number of aromatic hydroxyl groups is 1. The number of esters is 1. The van der Waals surface area contributed by atoms with Crippen molar-refractivity contribution in [1.82, 2.24) is 4.57 Å². The fourth-order valence-electron chi connectivity index (χ4n) is 4.30. The van der Waals surface area contributed by atoms with Crippen LogP contribution >= 0.6 is 11.3 Å². The number of thiazole rings is 1. The molecular weight excluding hydrogens is 512 g/mol. The lowest BCUT2D eigenvalue weighted by Crippen LogP contribution is -2.35. The molecule has 0 saturated heterocycles. The maximum absolute atomic E-state index is 13.6. The molecule has 1 aromatic heterocycles. The van der Waals surface area contributed by atoms with Crippen LogP contribution in [0.2, 0.25) is 0 Å². The minimum absolute atomic E-state index is 0.0424. The van der Waals surface area contributed by atoms with Crippen LogP contribution < -0.4 is 33.8 Å². The van der Waals surface area contributed by atoms with Crippen LogP contribution in [-0.4, -0.2) is 50.7 Å². The Morgan fingerprint density at radius 2 is 1.76 bits per heavy atom. The quantitative estimate of drug-likeness (QED) is 0.434. The second kappa shape index (κ2) is 11.0. The number of nitrogens with zero attached hydrogens (tertiary/aromatic N) is 2. The van der Waals surface area contributed by atoms with Gasteiger partial charge in [-0.1, -0.05) is 17.4 Å². The van der Waals surface area contributed by atoms with Gasteiger partial charge < -0.3 is 28.8 Å². The third-order valence-electron chi connectivity index (χ3n) is 6.08. The van der Waals surface area contributed by atoms with E-state index in [9.17, 15) is 14.7 Å². The van der Waals surface area contributed by atoms with Crippen molar-refractivity contribution in [2.24, 2.45) is 4.99 Å². The lowest BCUT2D eigenvalue weighted by atomic mass is 9.96. The van der Waals surface area contributed by atoms with Crippen LogP contribution in [0.4, 0.5) is 0 Å². The molecule has 38 heavy (non-hydrogen) atoms. The Kier molecular flexibility index (Phi) is 7.77. The zero-order chi connectivity index (χ0) is 27.6. The predicted molar refractivity (Wildman–Crippen MR) is 142 cm³/mol. The van der Waals surface area contributed by atoms with E-state index in [1.807, 2.05) is 0 Å². The second-order valence-electron chi connectivity index (χ2n) is 8.14. The van der Waals surface area contributed by atoms with Crippen molar-refractivity contribution in [3.8, 4) is 28.7 Å². The molecule has 11 heteroatoms. The molecule has 1 aliphatic rings. The number of carbonyl (C=O) groups is 1. The van der Waals surface area contributed by atoms with E-state index in [-0.39, 0.29) is 29.2 Å². The van der Waals surface area contributed by atoms with Crippen LogP contribution in [0.5, 0.6) is 28.7 Å². The van der Waals surface area contributed by atoms with Gasteiger partial charge in [-0.3, -0.25) is 9.36 Å². The standard InChI is InChI=1S/C27H28N2O8S/c1-7-37-26(32)21-14(2)29-25(31)20(13-16-9-11-18(33-3)24(36-6)23(16)35-5)38-27(29)28-22(21)15-8-10-17(30)19(12-15)34-4/h8-13,22,30H,7H2,1-6H3/b20-13+/t22-/m1/s1. The number of aromatic nitrogens is 1. The third kappa shape index (κ3) is 4.60. The summed E-state index contributed by atoms with van der Waals surface area (Å²) in [6.07, 6.45) is 1.69. The van der Waals surface area contributed by atoms with Crippen LogP contribution in [0.1, 0.15) is 31.0 Å². The summed E-state index contributed by atoms with van der Waals surface area (Å²) in [6.45, 7) is 3.55. The molecular formula is C27H28N2O8S. The number of hydrogen-bond acceptors (Lipinski definition) is 10. The van der Waals surface area contributed by atoms with E-state index in [0.717, 1.165) is 0 Å². The van der Waals surface area contributed by atoms with Crippen LogP contribution in [-0.2, 0) is 9.53 Å². The molecule has 0 aliphatic carbocycles. The van der Waals surface area contributed by atoms with Gasteiger partial charge in [0, 0.05) is 11.3 Å². The first-order valence-electron chi connectivity index (χ1n) is 11.6.